The molecule has 0 bridgehead atoms. The van der Waals surface area contributed by atoms with Crippen LogP contribution in [-0.4, -0.2) is 17.9 Å². The first-order valence-electron chi connectivity index (χ1n) is 4.16. The highest BCUT2D eigenvalue weighted by molar-refractivity contribution is 5.77. The number of nitrogens with one attached hydrogen (secondary N) is 1. The summed E-state index contributed by atoms with van der Waals surface area (Å²) >= 11 is 0. The van der Waals surface area contributed by atoms with Crippen molar-refractivity contribution in [3.05, 3.63) is 0 Å². The van der Waals surface area contributed by atoms with Gasteiger partial charge in [0.05, 0.1) is 6.54 Å². The molecule has 0 aliphatic rings. The maximum Gasteiger partial charge on any atom is 0.143 e. The molecule has 0 aromatic carbocycles. The molecular weight excluding hydrogens is 138 g/mol. The summed E-state index contributed by atoms with van der Waals surface area (Å²) in [7, 11) is 0. The van der Waals surface area contributed by atoms with Crippen molar-refractivity contribution in [1.82, 2.24) is 5.32 Å². The molecule has 0 atom stereocenters. The zero-order chi connectivity index (χ0) is 9.49. The van der Waals surface area contributed by atoms with Crippen molar-refractivity contribution in [2.24, 2.45) is 0 Å². The molecule has 0 aromatic rings. The number of ketones is 1. The molecular formula is C9H21NO. The van der Waals surface area contributed by atoms with E-state index < -0.39 is 0 Å². The summed E-state index contributed by atoms with van der Waals surface area (Å²) in [5, 5.41) is 3.07. The quantitative estimate of drug-likeness (QED) is 0.667. The van der Waals surface area contributed by atoms with Gasteiger partial charge in [-0.1, -0.05) is 13.8 Å². The summed E-state index contributed by atoms with van der Waals surface area (Å²) in [5.41, 5.74) is 0.0612. The van der Waals surface area contributed by atoms with Gasteiger partial charge in [-0.15, -0.1) is 0 Å². The van der Waals surface area contributed by atoms with Crippen LogP contribution in [0.25, 0.3) is 0 Å². The molecule has 0 fully saturated rings. The lowest BCUT2D eigenvalue weighted by molar-refractivity contribution is -0.116. The van der Waals surface area contributed by atoms with Crippen LogP contribution < -0.4 is 5.32 Å². The molecule has 2 heteroatoms. The van der Waals surface area contributed by atoms with E-state index in [1.54, 1.807) is 6.92 Å². The minimum absolute atomic E-state index is 0.0612. The van der Waals surface area contributed by atoms with E-state index in [1.165, 1.54) is 0 Å². The molecule has 0 saturated carbocycles. The zero-order valence-corrected chi connectivity index (χ0v) is 8.62. The number of carbonyl (C=O) groups is 1. The second kappa shape index (κ2) is 6.35. The maximum absolute atomic E-state index is 10.4. The third-order valence-electron chi connectivity index (χ3n) is 0.868. The Kier molecular flexibility index (Phi) is 7.64. The normalized spacial score (nSPS) is 10.0. The molecule has 0 aromatic heterocycles. The Morgan fingerprint density at radius 3 is 1.73 bits per heavy atom. The van der Waals surface area contributed by atoms with Crippen LogP contribution in [0.1, 0.15) is 41.5 Å². The molecule has 0 saturated heterocycles. The fraction of sp³-hybridized carbons (Fsp3) is 0.889. The second-order valence-electron chi connectivity index (χ2n) is 3.31. The Hall–Kier alpha value is -0.370. The van der Waals surface area contributed by atoms with Crippen molar-refractivity contribution in [1.29, 1.82) is 0 Å². The van der Waals surface area contributed by atoms with Gasteiger partial charge in [0, 0.05) is 5.54 Å². The molecule has 1 N–H and O–H groups in total. The van der Waals surface area contributed by atoms with E-state index in [9.17, 15) is 4.79 Å². The van der Waals surface area contributed by atoms with Gasteiger partial charge in [-0.3, -0.25) is 4.79 Å². The molecule has 0 amide bonds. The van der Waals surface area contributed by atoms with Gasteiger partial charge in [-0.25, -0.2) is 0 Å². The number of Topliss-reactive ketones (excluding diaryl/α,β-unsaturated/α-hetero) is 1. The summed E-state index contributed by atoms with van der Waals surface area (Å²) in [6, 6.07) is 0. The van der Waals surface area contributed by atoms with Crippen LogP contribution in [-0.2, 0) is 4.79 Å². The minimum atomic E-state index is 0.0612. The second-order valence-corrected chi connectivity index (χ2v) is 3.31. The summed E-state index contributed by atoms with van der Waals surface area (Å²) in [5.74, 6) is 0.185. The Bertz CT molecular complexity index is 103. The van der Waals surface area contributed by atoms with Gasteiger partial charge in [-0.05, 0) is 27.7 Å². The average molecular weight is 159 g/mol. The van der Waals surface area contributed by atoms with Gasteiger partial charge in [0.1, 0.15) is 5.78 Å². The Balaban J connectivity index is 0. The zero-order valence-electron chi connectivity index (χ0n) is 8.62. The van der Waals surface area contributed by atoms with Crippen LogP contribution in [0.2, 0.25) is 0 Å². The topological polar surface area (TPSA) is 29.1 Å². The number of carbonyl (C=O) groups excluding carboxylic acids is 1. The molecule has 0 radical (unpaired) electrons. The Labute approximate surface area is 70.4 Å². The highest BCUT2D eigenvalue weighted by Crippen LogP contribution is 1.96. The van der Waals surface area contributed by atoms with Crippen molar-refractivity contribution in [2.45, 2.75) is 47.1 Å². The van der Waals surface area contributed by atoms with Crippen molar-refractivity contribution in [2.75, 3.05) is 6.54 Å². The molecule has 68 valence electrons. The van der Waals surface area contributed by atoms with E-state index in [0.717, 1.165) is 0 Å². The van der Waals surface area contributed by atoms with Crippen LogP contribution in [0.15, 0.2) is 0 Å². The SMILES string of the molecule is CC.CC(=O)CNC(C)(C)C. The average Bonchev–Trinajstić information content (AvgIpc) is 1.87. The Morgan fingerprint density at radius 2 is 1.64 bits per heavy atom. The molecule has 0 aliphatic heterocycles. The molecule has 0 unspecified atom stereocenters. The number of hydrogen-bond donors (Lipinski definition) is 1. The lowest BCUT2D eigenvalue weighted by Gasteiger charge is -2.18. The van der Waals surface area contributed by atoms with Crippen molar-refractivity contribution < 1.29 is 4.79 Å². The number of hydrogen-bond acceptors (Lipinski definition) is 2. The summed E-state index contributed by atoms with van der Waals surface area (Å²) < 4.78 is 0. The standard InChI is InChI=1S/C7H15NO.C2H6/c1-6(9)5-8-7(2,3)4;1-2/h8H,5H2,1-4H3;1-2H3. The fourth-order valence-corrected chi connectivity index (χ4v) is 0.390. The van der Waals surface area contributed by atoms with Crippen LogP contribution in [0.4, 0.5) is 0 Å². The van der Waals surface area contributed by atoms with Gasteiger partial charge in [-0.2, -0.15) is 0 Å². The third kappa shape index (κ3) is 17.7. The van der Waals surface area contributed by atoms with Gasteiger partial charge in [0.15, 0.2) is 0 Å². The van der Waals surface area contributed by atoms with Crippen molar-refractivity contribution in [3.8, 4) is 0 Å². The van der Waals surface area contributed by atoms with Crippen LogP contribution >= 0.6 is 0 Å². The molecule has 11 heavy (non-hydrogen) atoms. The van der Waals surface area contributed by atoms with Crippen molar-refractivity contribution in [3.63, 3.8) is 0 Å². The van der Waals surface area contributed by atoms with E-state index in [1.807, 2.05) is 34.6 Å². The van der Waals surface area contributed by atoms with E-state index in [-0.39, 0.29) is 11.3 Å². The maximum atomic E-state index is 10.4. The lowest BCUT2D eigenvalue weighted by atomic mass is 10.1. The highest BCUT2D eigenvalue weighted by Gasteiger charge is 2.08. The van der Waals surface area contributed by atoms with Crippen LogP contribution in [0.5, 0.6) is 0 Å². The lowest BCUT2D eigenvalue weighted by Crippen LogP contribution is -2.38. The van der Waals surface area contributed by atoms with Crippen molar-refractivity contribution >= 4 is 5.78 Å². The van der Waals surface area contributed by atoms with E-state index in [2.05, 4.69) is 5.32 Å². The van der Waals surface area contributed by atoms with Gasteiger partial charge in [0.2, 0.25) is 0 Å². The third-order valence-corrected chi connectivity index (χ3v) is 0.868. The van der Waals surface area contributed by atoms with Gasteiger partial charge in [0.25, 0.3) is 0 Å². The monoisotopic (exact) mass is 159 g/mol. The highest BCUT2D eigenvalue weighted by atomic mass is 16.1. The number of rotatable bonds is 2. The summed E-state index contributed by atoms with van der Waals surface area (Å²) in [4.78, 5) is 10.4. The molecule has 0 aliphatic carbocycles. The summed E-state index contributed by atoms with van der Waals surface area (Å²) in [6.07, 6.45) is 0. The minimum Gasteiger partial charge on any atom is -0.305 e. The Morgan fingerprint density at radius 1 is 1.27 bits per heavy atom. The largest absolute Gasteiger partial charge is 0.305 e. The smallest absolute Gasteiger partial charge is 0.143 e. The van der Waals surface area contributed by atoms with Crippen LogP contribution in [0.3, 0.4) is 0 Å². The van der Waals surface area contributed by atoms with Gasteiger partial charge < -0.3 is 5.32 Å². The van der Waals surface area contributed by atoms with E-state index >= 15 is 0 Å². The summed E-state index contributed by atoms with van der Waals surface area (Å²) in [6.45, 7) is 12.2. The van der Waals surface area contributed by atoms with E-state index in [0.29, 0.717) is 6.54 Å². The van der Waals surface area contributed by atoms with E-state index in [4.69, 9.17) is 0 Å². The predicted molar refractivity (Wildman–Crippen MR) is 49.8 cm³/mol. The predicted octanol–water partition coefficient (Wildman–Crippen LogP) is 1.99. The first-order valence-corrected chi connectivity index (χ1v) is 4.16. The van der Waals surface area contributed by atoms with Gasteiger partial charge >= 0.3 is 0 Å². The molecule has 0 heterocycles. The fourth-order valence-electron chi connectivity index (χ4n) is 0.390. The first kappa shape index (κ1) is 13.2. The molecule has 2 nitrogen and oxygen atoms in total. The first-order chi connectivity index (χ1) is 4.92. The molecule has 0 spiro atoms. The molecule has 0 rings (SSSR count). The van der Waals surface area contributed by atoms with Crippen LogP contribution in [0, 0.1) is 0 Å².